The number of aromatic nitrogens is 2. The Morgan fingerprint density at radius 2 is 1.87 bits per heavy atom. The second-order valence-electron chi connectivity index (χ2n) is 6.54. The van der Waals surface area contributed by atoms with E-state index in [1.807, 2.05) is 0 Å². The summed E-state index contributed by atoms with van der Waals surface area (Å²) in [6, 6.07) is 11.0. The monoisotopic (exact) mass is 411 g/mol. The second-order valence-corrected chi connectivity index (χ2v) is 6.54. The average Bonchev–Trinajstić information content (AvgIpc) is 3.24. The fraction of sp³-hybridized carbons (Fsp3) is 0.250. The zero-order valence-electron chi connectivity index (χ0n) is 15.9. The van der Waals surface area contributed by atoms with Gasteiger partial charge in [-0.15, -0.1) is 10.2 Å². The van der Waals surface area contributed by atoms with E-state index in [1.54, 1.807) is 25.1 Å². The summed E-state index contributed by atoms with van der Waals surface area (Å²) in [5, 5.41) is 18.6. The Hall–Kier alpha value is -3.95. The van der Waals surface area contributed by atoms with E-state index in [4.69, 9.17) is 18.6 Å². The van der Waals surface area contributed by atoms with Crippen LogP contribution < -0.4 is 9.47 Å². The number of nitro benzene ring substituents is 1. The minimum absolute atomic E-state index is 0.0417. The molecule has 0 saturated carbocycles. The molecule has 154 valence electrons. The topological polar surface area (TPSA) is 127 Å². The van der Waals surface area contributed by atoms with Gasteiger partial charge >= 0.3 is 5.97 Å². The highest BCUT2D eigenvalue weighted by Crippen LogP contribution is 2.31. The summed E-state index contributed by atoms with van der Waals surface area (Å²) in [6.45, 7) is 2.58. The molecule has 0 spiro atoms. The molecule has 1 aromatic heterocycles. The molecule has 1 aliphatic rings. The van der Waals surface area contributed by atoms with Gasteiger partial charge in [-0.25, -0.2) is 0 Å². The molecule has 0 bridgehead atoms. The van der Waals surface area contributed by atoms with Gasteiger partial charge in [-0.05, 0) is 36.8 Å². The molecule has 2 heterocycles. The van der Waals surface area contributed by atoms with Crippen LogP contribution >= 0.6 is 0 Å². The molecule has 2 aromatic carbocycles. The molecular formula is C20H17N3O7. The van der Waals surface area contributed by atoms with Crippen LogP contribution in [-0.2, 0) is 16.0 Å². The van der Waals surface area contributed by atoms with Gasteiger partial charge in [0.15, 0.2) is 17.6 Å². The Morgan fingerprint density at radius 1 is 1.13 bits per heavy atom. The summed E-state index contributed by atoms with van der Waals surface area (Å²) >= 11 is 0. The van der Waals surface area contributed by atoms with Gasteiger partial charge in [0.25, 0.3) is 11.6 Å². The van der Waals surface area contributed by atoms with E-state index in [1.165, 1.54) is 24.3 Å². The maximum Gasteiger partial charge on any atom is 0.311 e. The quantitative estimate of drug-likeness (QED) is 0.341. The molecular weight excluding hydrogens is 394 g/mol. The van der Waals surface area contributed by atoms with E-state index in [0.717, 1.165) is 5.56 Å². The van der Waals surface area contributed by atoms with E-state index in [2.05, 4.69) is 10.2 Å². The van der Waals surface area contributed by atoms with Crippen LogP contribution in [0.1, 0.15) is 24.5 Å². The lowest BCUT2D eigenvalue weighted by molar-refractivity contribution is -0.384. The summed E-state index contributed by atoms with van der Waals surface area (Å²) in [4.78, 5) is 22.5. The number of hydrogen-bond acceptors (Lipinski definition) is 9. The molecule has 1 aliphatic heterocycles. The van der Waals surface area contributed by atoms with Crippen molar-refractivity contribution in [2.24, 2.45) is 0 Å². The number of carbonyl (C=O) groups is 1. The third kappa shape index (κ3) is 4.22. The molecule has 0 N–H and O–H groups in total. The number of benzene rings is 2. The highest BCUT2D eigenvalue weighted by atomic mass is 16.6. The number of nitrogens with zero attached hydrogens (tertiary/aromatic N) is 3. The Labute approximate surface area is 170 Å². The Balaban J connectivity index is 1.38. The maximum absolute atomic E-state index is 12.3. The van der Waals surface area contributed by atoms with Gasteiger partial charge in [-0.1, -0.05) is 6.07 Å². The first kappa shape index (κ1) is 19.4. The number of non-ortho nitro benzene ring substituents is 1. The number of nitro groups is 1. The SMILES string of the molecule is C[C@H](OC(=O)Cc1ccc2c(c1)OCCO2)c1nnc(-c2ccc([N+](=O)[O-])cc2)o1. The molecule has 0 unspecified atom stereocenters. The van der Waals surface area contributed by atoms with Crippen LogP contribution in [0.2, 0.25) is 0 Å². The van der Waals surface area contributed by atoms with Gasteiger partial charge in [-0.2, -0.15) is 0 Å². The van der Waals surface area contributed by atoms with Crippen LogP contribution in [-0.4, -0.2) is 34.3 Å². The van der Waals surface area contributed by atoms with E-state index in [-0.39, 0.29) is 23.9 Å². The number of fused-ring (bicyclic) bond motifs is 1. The lowest BCUT2D eigenvalue weighted by atomic mass is 10.1. The summed E-state index contributed by atoms with van der Waals surface area (Å²) in [7, 11) is 0. The van der Waals surface area contributed by atoms with Crippen molar-refractivity contribution in [1.29, 1.82) is 0 Å². The highest BCUT2D eigenvalue weighted by molar-refractivity contribution is 5.73. The molecule has 3 aromatic rings. The first-order chi connectivity index (χ1) is 14.5. The van der Waals surface area contributed by atoms with Crippen LogP contribution in [0.4, 0.5) is 5.69 Å². The van der Waals surface area contributed by atoms with Crippen molar-refractivity contribution in [2.45, 2.75) is 19.4 Å². The van der Waals surface area contributed by atoms with Gasteiger partial charge in [0.2, 0.25) is 5.89 Å². The summed E-state index contributed by atoms with van der Waals surface area (Å²) in [6.07, 6.45) is -0.710. The number of rotatable bonds is 6. The van der Waals surface area contributed by atoms with Gasteiger partial charge in [0.1, 0.15) is 13.2 Å². The fourth-order valence-corrected chi connectivity index (χ4v) is 2.89. The third-order valence-electron chi connectivity index (χ3n) is 4.38. The van der Waals surface area contributed by atoms with Crippen LogP contribution in [0.3, 0.4) is 0 Å². The van der Waals surface area contributed by atoms with Crippen LogP contribution in [0, 0.1) is 10.1 Å². The Morgan fingerprint density at radius 3 is 2.60 bits per heavy atom. The van der Waals surface area contributed by atoms with Crippen molar-refractivity contribution in [3.05, 3.63) is 64.0 Å². The minimum atomic E-state index is -0.756. The van der Waals surface area contributed by atoms with Crippen LogP contribution in [0.25, 0.3) is 11.5 Å². The second kappa shape index (κ2) is 8.19. The zero-order chi connectivity index (χ0) is 21.1. The maximum atomic E-state index is 12.3. The zero-order valence-corrected chi connectivity index (χ0v) is 15.9. The standard InChI is InChI=1S/C20H17N3O7/c1-12(19-21-22-20(30-19)14-3-5-15(6-4-14)23(25)26)29-18(24)11-13-2-7-16-17(10-13)28-9-8-27-16/h2-7,10,12H,8-9,11H2,1H3/t12-/m0/s1. The summed E-state index contributed by atoms with van der Waals surface area (Å²) < 4.78 is 21.9. The van der Waals surface area contributed by atoms with Crippen molar-refractivity contribution in [3.8, 4) is 23.0 Å². The van der Waals surface area contributed by atoms with Gasteiger partial charge in [0.05, 0.1) is 11.3 Å². The summed E-state index contributed by atoms with van der Waals surface area (Å²) in [5.74, 6) is 1.09. The average molecular weight is 411 g/mol. The van der Waals surface area contributed by atoms with Crippen molar-refractivity contribution in [3.63, 3.8) is 0 Å². The van der Waals surface area contributed by atoms with Crippen molar-refractivity contribution in [2.75, 3.05) is 13.2 Å². The fourth-order valence-electron chi connectivity index (χ4n) is 2.89. The van der Waals surface area contributed by atoms with E-state index in [9.17, 15) is 14.9 Å². The predicted molar refractivity (Wildman–Crippen MR) is 102 cm³/mol. The van der Waals surface area contributed by atoms with Crippen LogP contribution in [0.15, 0.2) is 46.9 Å². The molecule has 4 rings (SSSR count). The van der Waals surface area contributed by atoms with E-state index in [0.29, 0.717) is 30.3 Å². The van der Waals surface area contributed by atoms with Crippen LogP contribution in [0.5, 0.6) is 11.5 Å². The first-order valence-electron chi connectivity index (χ1n) is 9.16. The third-order valence-corrected chi connectivity index (χ3v) is 4.38. The molecule has 0 saturated heterocycles. The molecule has 30 heavy (non-hydrogen) atoms. The molecule has 10 nitrogen and oxygen atoms in total. The largest absolute Gasteiger partial charge is 0.486 e. The lowest BCUT2D eigenvalue weighted by Crippen LogP contribution is -2.16. The highest BCUT2D eigenvalue weighted by Gasteiger charge is 2.20. The minimum Gasteiger partial charge on any atom is -0.486 e. The Kier molecular flexibility index (Phi) is 5.29. The predicted octanol–water partition coefficient (Wildman–Crippen LogP) is 3.26. The normalized spacial score (nSPS) is 13.5. The molecule has 0 amide bonds. The smallest absolute Gasteiger partial charge is 0.311 e. The van der Waals surface area contributed by atoms with Crippen molar-refractivity contribution < 1.29 is 28.3 Å². The molecule has 0 aliphatic carbocycles. The summed E-state index contributed by atoms with van der Waals surface area (Å²) in [5.41, 5.74) is 1.21. The Bertz CT molecular complexity index is 1080. The molecule has 10 heteroatoms. The number of esters is 1. The first-order valence-corrected chi connectivity index (χ1v) is 9.16. The number of carbonyl (C=O) groups excluding carboxylic acids is 1. The van der Waals surface area contributed by atoms with E-state index >= 15 is 0 Å². The number of ether oxygens (including phenoxy) is 3. The van der Waals surface area contributed by atoms with Gasteiger partial charge in [-0.3, -0.25) is 14.9 Å². The molecule has 0 fully saturated rings. The lowest BCUT2D eigenvalue weighted by Gasteiger charge is -2.18. The molecule has 1 atom stereocenters. The van der Waals surface area contributed by atoms with Crippen molar-refractivity contribution >= 4 is 11.7 Å². The number of hydrogen-bond donors (Lipinski definition) is 0. The van der Waals surface area contributed by atoms with Crippen molar-refractivity contribution in [1.82, 2.24) is 10.2 Å². The van der Waals surface area contributed by atoms with Gasteiger partial charge in [0, 0.05) is 17.7 Å². The molecule has 0 radical (unpaired) electrons. The van der Waals surface area contributed by atoms with E-state index < -0.39 is 17.0 Å². The van der Waals surface area contributed by atoms with Gasteiger partial charge < -0.3 is 18.6 Å².